The van der Waals surface area contributed by atoms with Crippen molar-refractivity contribution in [1.82, 2.24) is 0 Å². The zero-order valence-corrected chi connectivity index (χ0v) is 22.1. The molecule has 0 spiro atoms. The molecule has 32 heavy (non-hydrogen) atoms. The van der Waals surface area contributed by atoms with Crippen LogP contribution in [0.1, 0.15) is 125 Å². The van der Waals surface area contributed by atoms with Crippen molar-refractivity contribution in [2.45, 2.75) is 131 Å². The lowest BCUT2D eigenvalue weighted by Crippen LogP contribution is -2.32. The van der Waals surface area contributed by atoms with Crippen molar-refractivity contribution in [3.63, 3.8) is 0 Å². The summed E-state index contributed by atoms with van der Waals surface area (Å²) in [6, 6.07) is 0. The highest BCUT2D eigenvalue weighted by Gasteiger charge is 2.50. The van der Waals surface area contributed by atoms with Crippen LogP contribution in [0.3, 0.4) is 0 Å². The number of carbonyl (C=O) groups excluding carboxylic acids is 1. The largest absolute Gasteiger partial charge is 0.465 e. The lowest BCUT2D eigenvalue weighted by Gasteiger charge is -2.32. The molecule has 2 aliphatic carbocycles. The minimum absolute atomic E-state index is 0.0454. The highest BCUT2D eigenvalue weighted by Crippen LogP contribution is 2.55. The number of ether oxygens (including phenoxy) is 1. The average molecular weight is 455 g/mol. The van der Waals surface area contributed by atoms with E-state index in [1.54, 1.807) is 0 Å². The zero-order chi connectivity index (χ0) is 24.1. The van der Waals surface area contributed by atoms with Crippen LogP contribution in [0.25, 0.3) is 0 Å². The topological polar surface area (TPSA) is 66.8 Å². The van der Waals surface area contributed by atoms with Gasteiger partial charge in [-0.1, -0.05) is 85.5 Å². The van der Waals surface area contributed by atoms with Gasteiger partial charge in [-0.3, -0.25) is 4.79 Å². The van der Waals surface area contributed by atoms with Crippen LogP contribution in [-0.2, 0) is 9.53 Å². The average Bonchev–Trinajstić information content (AvgIpc) is 3.32. The summed E-state index contributed by atoms with van der Waals surface area (Å²) in [5, 5.41) is 18.3. The summed E-state index contributed by atoms with van der Waals surface area (Å²) in [5.41, 5.74) is -0.321. The molecule has 5 unspecified atom stereocenters. The van der Waals surface area contributed by atoms with Crippen LogP contribution in [0.15, 0.2) is 0 Å². The summed E-state index contributed by atoms with van der Waals surface area (Å²) in [6.45, 7) is 13.3. The molecular formula is C28H54O4. The van der Waals surface area contributed by atoms with Gasteiger partial charge in [0.15, 0.2) is 6.29 Å². The van der Waals surface area contributed by atoms with E-state index in [0.29, 0.717) is 18.4 Å². The fourth-order valence-electron chi connectivity index (χ4n) is 5.43. The Bertz CT molecular complexity index is 500. The van der Waals surface area contributed by atoms with Crippen molar-refractivity contribution in [3.8, 4) is 0 Å². The van der Waals surface area contributed by atoms with Gasteiger partial charge in [-0.25, -0.2) is 0 Å². The molecule has 2 bridgehead atoms. The van der Waals surface area contributed by atoms with Gasteiger partial charge >= 0.3 is 5.97 Å². The van der Waals surface area contributed by atoms with E-state index in [-0.39, 0.29) is 17.3 Å². The van der Waals surface area contributed by atoms with Gasteiger partial charge in [-0.05, 0) is 63.2 Å². The minimum Gasteiger partial charge on any atom is -0.465 e. The molecule has 2 fully saturated rings. The van der Waals surface area contributed by atoms with Gasteiger partial charge in [0.25, 0.3) is 0 Å². The molecule has 2 saturated carbocycles. The number of aliphatic hydroxyl groups excluding tert-OH is 1. The van der Waals surface area contributed by atoms with Crippen molar-refractivity contribution in [2.24, 2.45) is 35.0 Å². The number of hydrogen-bond acceptors (Lipinski definition) is 4. The lowest BCUT2D eigenvalue weighted by atomic mass is 9.75. The Morgan fingerprint density at radius 1 is 0.875 bits per heavy atom. The fraction of sp³-hybridized carbons (Fsp3) is 0.964. The molecule has 0 aromatic heterocycles. The Kier molecular flexibility index (Phi) is 14.1. The van der Waals surface area contributed by atoms with Crippen molar-refractivity contribution < 1.29 is 19.7 Å². The van der Waals surface area contributed by atoms with E-state index in [0.717, 1.165) is 31.1 Å². The predicted octanol–water partition coefficient (Wildman–Crippen LogP) is 7.11. The third-order valence-electron chi connectivity index (χ3n) is 8.50. The summed E-state index contributed by atoms with van der Waals surface area (Å²) in [4.78, 5) is 11.7. The van der Waals surface area contributed by atoms with Crippen LogP contribution in [0.5, 0.6) is 0 Å². The molecular weight excluding hydrogens is 400 g/mol. The first-order valence-corrected chi connectivity index (χ1v) is 13.7. The number of carbonyl (C=O) groups is 1. The molecule has 0 aromatic carbocycles. The molecule has 0 radical (unpaired) electrons. The molecule has 0 heterocycles. The SMILES string of the molecule is CC1C2CC(C(O)O)C(C2)C1C.CCCCCCCCCCCCOC(=O)C(C)(C)CC. The number of unbranched alkanes of at least 4 members (excludes halogenated alkanes) is 9. The second-order valence-corrected chi connectivity index (χ2v) is 11.2. The third-order valence-corrected chi connectivity index (χ3v) is 8.50. The van der Waals surface area contributed by atoms with Gasteiger partial charge in [-0.15, -0.1) is 0 Å². The Morgan fingerprint density at radius 3 is 1.84 bits per heavy atom. The second kappa shape index (κ2) is 15.3. The number of esters is 1. The Balaban J connectivity index is 0.000000357. The van der Waals surface area contributed by atoms with Gasteiger partial charge < -0.3 is 14.9 Å². The Labute approximate surface area is 198 Å². The van der Waals surface area contributed by atoms with E-state index in [9.17, 15) is 4.79 Å². The molecule has 0 amide bonds. The van der Waals surface area contributed by atoms with Gasteiger partial charge in [-0.2, -0.15) is 0 Å². The first-order chi connectivity index (χ1) is 15.2. The third kappa shape index (κ3) is 9.71. The van der Waals surface area contributed by atoms with E-state index in [4.69, 9.17) is 14.9 Å². The summed E-state index contributed by atoms with van der Waals surface area (Å²) >= 11 is 0. The maximum atomic E-state index is 11.7. The Hall–Kier alpha value is -0.610. The Morgan fingerprint density at radius 2 is 1.41 bits per heavy atom. The number of hydrogen-bond donors (Lipinski definition) is 2. The highest BCUT2D eigenvalue weighted by molar-refractivity contribution is 5.75. The fourth-order valence-corrected chi connectivity index (χ4v) is 5.43. The maximum absolute atomic E-state index is 11.7. The van der Waals surface area contributed by atoms with Gasteiger partial charge in [0, 0.05) is 5.92 Å². The van der Waals surface area contributed by atoms with Crippen LogP contribution in [0.2, 0.25) is 0 Å². The van der Waals surface area contributed by atoms with Gasteiger partial charge in [0.2, 0.25) is 0 Å². The number of aliphatic hydroxyl groups is 2. The zero-order valence-electron chi connectivity index (χ0n) is 22.1. The van der Waals surface area contributed by atoms with E-state index < -0.39 is 6.29 Å². The summed E-state index contributed by atoms with van der Waals surface area (Å²) < 4.78 is 5.33. The summed E-state index contributed by atoms with van der Waals surface area (Å²) in [7, 11) is 0. The smallest absolute Gasteiger partial charge is 0.311 e. The highest BCUT2D eigenvalue weighted by atomic mass is 16.5. The summed E-state index contributed by atoms with van der Waals surface area (Å²) in [5.74, 6) is 2.94. The van der Waals surface area contributed by atoms with E-state index in [2.05, 4.69) is 20.8 Å². The first-order valence-electron chi connectivity index (χ1n) is 13.7. The molecule has 2 N–H and O–H groups in total. The van der Waals surface area contributed by atoms with Gasteiger partial charge in [0.1, 0.15) is 0 Å². The molecule has 0 saturated heterocycles. The second-order valence-electron chi connectivity index (χ2n) is 11.2. The van der Waals surface area contributed by atoms with Crippen LogP contribution in [-0.4, -0.2) is 29.1 Å². The van der Waals surface area contributed by atoms with Crippen molar-refractivity contribution in [1.29, 1.82) is 0 Å². The van der Waals surface area contributed by atoms with Crippen LogP contribution >= 0.6 is 0 Å². The van der Waals surface area contributed by atoms with Crippen molar-refractivity contribution in [2.75, 3.05) is 6.61 Å². The molecule has 0 aromatic rings. The molecule has 0 aliphatic heterocycles. The quantitative estimate of drug-likeness (QED) is 0.167. The van der Waals surface area contributed by atoms with E-state index >= 15 is 0 Å². The molecule has 4 nitrogen and oxygen atoms in total. The number of rotatable bonds is 14. The first kappa shape index (κ1) is 29.4. The molecule has 190 valence electrons. The van der Waals surface area contributed by atoms with Crippen LogP contribution in [0.4, 0.5) is 0 Å². The maximum Gasteiger partial charge on any atom is 0.311 e. The lowest BCUT2D eigenvalue weighted by molar-refractivity contribution is -0.154. The van der Waals surface area contributed by atoms with Crippen LogP contribution < -0.4 is 0 Å². The predicted molar refractivity (Wildman–Crippen MR) is 133 cm³/mol. The van der Waals surface area contributed by atoms with Crippen LogP contribution in [0, 0.1) is 35.0 Å². The van der Waals surface area contributed by atoms with Crippen molar-refractivity contribution >= 4 is 5.97 Å². The number of fused-ring (bicyclic) bond motifs is 2. The monoisotopic (exact) mass is 454 g/mol. The summed E-state index contributed by atoms with van der Waals surface area (Å²) in [6.07, 6.45) is 15.1. The van der Waals surface area contributed by atoms with Crippen molar-refractivity contribution in [3.05, 3.63) is 0 Å². The minimum atomic E-state index is -1.07. The van der Waals surface area contributed by atoms with E-state index in [1.807, 2.05) is 20.8 Å². The standard InChI is InChI=1S/C18H36O2.C10H18O2/c1-5-7-8-9-10-11-12-13-14-15-16-20-17(19)18(3,4)6-2;1-5-6(2)8-3-7(5)4-9(8)10(11)12/h5-16H2,1-4H3;5-12H,3-4H2,1-2H3. The van der Waals surface area contributed by atoms with Gasteiger partial charge in [0.05, 0.1) is 12.0 Å². The normalized spacial score (nSPS) is 26.8. The molecule has 5 atom stereocenters. The molecule has 4 heteroatoms. The molecule has 2 aliphatic rings. The molecule has 2 rings (SSSR count). The van der Waals surface area contributed by atoms with E-state index in [1.165, 1.54) is 64.2 Å².